The lowest BCUT2D eigenvalue weighted by molar-refractivity contribution is 1.12. The summed E-state index contributed by atoms with van der Waals surface area (Å²) in [6, 6.07) is 8.27. The minimum Gasteiger partial charge on any atom is -0.340 e. The molecule has 1 aromatic rings. The fourth-order valence-corrected chi connectivity index (χ4v) is 2.51. The molecule has 0 amide bonds. The molecule has 3 heteroatoms. The first-order valence-corrected chi connectivity index (χ1v) is 7.80. The predicted octanol–water partition coefficient (Wildman–Crippen LogP) is 5.02. The Morgan fingerprint density at radius 3 is 2.61 bits per heavy atom. The van der Waals surface area contributed by atoms with Crippen molar-refractivity contribution in [2.45, 2.75) is 20.3 Å². The van der Waals surface area contributed by atoms with Gasteiger partial charge in [-0.25, -0.2) is 0 Å². The van der Waals surface area contributed by atoms with Gasteiger partial charge in [0, 0.05) is 17.8 Å². The van der Waals surface area contributed by atoms with Crippen LogP contribution in [0.15, 0.2) is 76.4 Å². The molecule has 3 nitrogen and oxygen atoms in total. The molecule has 0 atom stereocenters. The van der Waals surface area contributed by atoms with Crippen LogP contribution in [0.4, 0.5) is 5.69 Å². The maximum absolute atomic E-state index is 4.58. The zero-order valence-corrected chi connectivity index (χ0v) is 13.8. The fraction of sp³-hybridized carbons (Fsp3) is 0.200. The Bertz CT molecular complexity index is 701. The second-order valence-electron chi connectivity index (χ2n) is 5.10. The van der Waals surface area contributed by atoms with Crippen LogP contribution in [0.5, 0.6) is 0 Å². The Hall–Kier alpha value is -2.68. The van der Waals surface area contributed by atoms with Crippen LogP contribution in [0, 0.1) is 0 Å². The Kier molecular flexibility index (Phi) is 5.87. The average Bonchev–Trinajstić information content (AvgIpc) is 3.05. The minimum atomic E-state index is 0.716. The molecule has 1 aromatic carbocycles. The van der Waals surface area contributed by atoms with E-state index in [2.05, 4.69) is 65.0 Å². The van der Waals surface area contributed by atoms with Crippen molar-refractivity contribution < 1.29 is 0 Å². The van der Waals surface area contributed by atoms with E-state index >= 15 is 0 Å². The molecule has 2 rings (SSSR count). The molecule has 118 valence electrons. The van der Waals surface area contributed by atoms with E-state index in [4.69, 9.17) is 0 Å². The van der Waals surface area contributed by atoms with Crippen molar-refractivity contribution in [3.63, 3.8) is 0 Å². The fourth-order valence-electron chi connectivity index (χ4n) is 2.51. The summed E-state index contributed by atoms with van der Waals surface area (Å²) < 4.78 is 0. The van der Waals surface area contributed by atoms with Gasteiger partial charge >= 0.3 is 0 Å². The molecule has 0 saturated heterocycles. The third-order valence-corrected chi connectivity index (χ3v) is 3.69. The molecule has 0 fully saturated rings. The van der Waals surface area contributed by atoms with E-state index < -0.39 is 0 Å². The number of amidine groups is 1. The number of hydrogen-bond acceptors (Lipinski definition) is 2. The molecule has 0 aromatic heterocycles. The molecule has 1 N–H and O–H groups in total. The molecule has 0 bridgehead atoms. The van der Waals surface area contributed by atoms with Crippen molar-refractivity contribution in [2.75, 3.05) is 11.9 Å². The molecule has 0 radical (unpaired) electrons. The summed E-state index contributed by atoms with van der Waals surface area (Å²) in [5, 5.41) is 3.41. The second-order valence-corrected chi connectivity index (χ2v) is 5.10. The molecule has 0 saturated carbocycles. The zero-order chi connectivity index (χ0) is 16.7. The summed E-state index contributed by atoms with van der Waals surface area (Å²) >= 11 is 0. The van der Waals surface area contributed by atoms with Gasteiger partial charge in [-0.2, -0.15) is 0 Å². The van der Waals surface area contributed by atoms with Gasteiger partial charge in [-0.15, -0.1) is 0 Å². The van der Waals surface area contributed by atoms with Crippen LogP contribution in [0.3, 0.4) is 0 Å². The van der Waals surface area contributed by atoms with E-state index in [-0.39, 0.29) is 0 Å². The minimum absolute atomic E-state index is 0.716. The van der Waals surface area contributed by atoms with Crippen molar-refractivity contribution in [1.29, 1.82) is 0 Å². The first kappa shape index (κ1) is 16.7. The van der Waals surface area contributed by atoms with Gasteiger partial charge in [0.05, 0.1) is 5.70 Å². The highest BCUT2D eigenvalue weighted by atomic mass is 15.0. The summed E-state index contributed by atoms with van der Waals surface area (Å²) in [6.45, 7) is 12.2. The third-order valence-electron chi connectivity index (χ3n) is 3.69. The van der Waals surface area contributed by atoms with Crippen LogP contribution >= 0.6 is 0 Å². The topological polar surface area (TPSA) is 36.8 Å². The van der Waals surface area contributed by atoms with Crippen molar-refractivity contribution in [3.8, 4) is 0 Å². The normalized spacial score (nSPS) is 15.0. The molecule has 1 aliphatic rings. The van der Waals surface area contributed by atoms with Crippen molar-refractivity contribution in [1.82, 2.24) is 0 Å². The molecular weight excluding hydrogens is 282 g/mol. The molecule has 0 unspecified atom stereocenters. The van der Waals surface area contributed by atoms with E-state index in [1.807, 2.05) is 26.0 Å². The van der Waals surface area contributed by atoms with E-state index in [9.17, 15) is 0 Å². The van der Waals surface area contributed by atoms with Crippen molar-refractivity contribution in [3.05, 3.63) is 72.0 Å². The van der Waals surface area contributed by atoms with Gasteiger partial charge in [0.15, 0.2) is 0 Å². The lowest BCUT2D eigenvalue weighted by Crippen LogP contribution is -2.15. The second kappa shape index (κ2) is 8.08. The number of benzene rings is 1. The summed E-state index contributed by atoms with van der Waals surface area (Å²) in [4.78, 5) is 8.66. The Morgan fingerprint density at radius 2 is 2.04 bits per heavy atom. The van der Waals surface area contributed by atoms with Gasteiger partial charge in [-0.05, 0) is 56.3 Å². The largest absolute Gasteiger partial charge is 0.340 e. The number of nitrogens with zero attached hydrogens (tertiary/aromatic N) is 2. The maximum Gasteiger partial charge on any atom is 0.131 e. The van der Waals surface area contributed by atoms with E-state index in [0.717, 1.165) is 40.4 Å². The summed E-state index contributed by atoms with van der Waals surface area (Å²) in [7, 11) is 0. The smallest absolute Gasteiger partial charge is 0.131 e. The van der Waals surface area contributed by atoms with E-state index in [1.165, 1.54) is 0 Å². The van der Waals surface area contributed by atoms with E-state index in [0.29, 0.717) is 6.54 Å². The van der Waals surface area contributed by atoms with Crippen LogP contribution in [0.1, 0.15) is 25.8 Å². The predicted molar refractivity (Wildman–Crippen MR) is 102 cm³/mol. The van der Waals surface area contributed by atoms with Gasteiger partial charge in [0.25, 0.3) is 0 Å². The molecule has 0 heterocycles. The van der Waals surface area contributed by atoms with Crippen LogP contribution < -0.4 is 5.32 Å². The van der Waals surface area contributed by atoms with Crippen LogP contribution in [0.2, 0.25) is 0 Å². The molecular formula is C20H23N3. The third kappa shape index (κ3) is 3.95. The van der Waals surface area contributed by atoms with Gasteiger partial charge in [-0.1, -0.05) is 36.9 Å². The number of rotatable bonds is 6. The molecule has 0 spiro atoms. The van der Waals surface area contributed by atoms with Gasteiger partial charge in [0.2, 0.25) is 0 Å². The Balaban J connectivity index is 2.24. The lowest BCUT2D eigenvalue weighted by Gasteiger charge is -2.13. The maximum atomic E-state index is 4.58. The molecule has 0 aliphatic heterocycles. The summed E-state index contributed by atoms with van der Waals surface area (Å²) in [5.74, 6) is 0.864. The number of anilines is 1. The van der Waals surface area contributed by atoms with Gasteiger partial charge in [0.1, 0.15) is 5.84 Å². The van der Waals surface area contributed by atoms with Crippen LogP contribution in [-0.4, -0.2) is 19.1 Å². The van der Waals surface area contributed by atoms with Crippen LogP contribution in [0.25, 0.3) is 5.57 Å². The van der Waals surface area contributed by atoms with Crippen molar-refractivity contribution >= 4 is 23.8 Å². The van der Waals surface area contributed by atoms with Crippen molar-refractivity contribution in [2.24, 2.45) is 9.98 Å². The first-order valence-electron chi connectivity index (χ1n) is 7.80. The standard InChI is InChI=1S/C20H23N3/c1-5-15(6-2)16-11-13-17(14-12-16)23-20(22-7-3)18-9-8-10-19(18)21-4/h5-6,8,10-14H,1,4,7,9H2,2-3H3,(H,22,23)/b15-6+. The average molecular weight is 305 g/mol. The Labute approximate surface area is 138 Å². The summed E-state index contributed by atoms with van der Waals surface area (Å²) in [5.41, 5.74) is 5.26. The number of nitrogens with one attached hydrogen (secondary N) is 1. The lowest BCUT2D eigenvalue weighted by atomic mass is 10.1. The monoisotopic (exact) mass is 305 g/mol. The quantitative estimate of drug-likeness (QED) is 0.447. The molecule has 1 aliphatic carbocycles. The Morgan fingerprint density at radius 1 is 1.30 bits per heavy atom. The SMILES string of the molecule is C=C/C(=C\C)c1ccc(NC(=NCC)C2=C(N=C)C=CC2)cc1. The highest BCUT2D eigenvalue weighted by Gasteiger charge is 2.14. The number of hydrogen-bond donors (Lipinski definition) is 1. The highest BCUT2D eigenvalue weighted by molar-refractivity contribution is 6.09. The first-order chi connectivity index (χ1) is 11.2. The zero-order valence-electron chi connectivity index (χ0n) is 13.8. The van der Waals surface area contributed by atoms with E-state index in [1.54, 1.807) is 0 Å². The summed E-state index contributed by atoms with van der Waals surface area (Å²) in [6.07, 6.45) is 8.82. The van der Waals surface area contributed by atoms with Gasteiger partial charge < -0.3 is 5.32 Å². The molecule has 23 heavy (non-hydrogen) atoms. The highest BCUT2D eigenvalue weighted by Crippen LogP contribution is 2.23. The van der Waals surface area contributed by atoms with Crippen LogP contribution in [-0.2, 0) is 0 Å². The van der Waals surface area contributed by atoms with Gasteiger partial charge in [-0.3, -0.25) is 9.98 Å². The number of allylic oxidation sites excluding steroid dienone is 5. The number of aliphatic imine (C=N–C) groups is 2.